The first-order valence-corrected chi connectivity index (χ1v) is 5.94. The number of rotatable bonds is 4. The van der Waals surface area contributed by atoms with Crippen molar-refractivity contribution < 1.29 is 4.74 Å². The molecule has 88 valence electrons. The van der Waals surface area contributed by atoms with Crippen LogP contribution in [0.5, 0.6) is 0 Å². The molecule has 0 radical (unpaired) electrons. The highest BCUT2D eigenvalue weighted by molar-refractivity contribution is 7.16. The van der Waals surface area contributed by atoms with Crippen molar-refractivity contribution >= 4 is 16.3 Å². The molecule has 7 heteroatoms. The summed E-state index contributed by atoms with van der Waals surface area (Å²) in [6.45, 7) is 4.54. The second kappa shape index (κ2) is 4.44. The van der Waals surface area contributed by atoms with Gasteiger partial charge in [0.25, 0.3) is 0 Å². The zero-order chi connectivity index (χ0) is 11.7. The summed E-state index contributed by atoms with van der Waals surface area (Å²) in [5.74, 6) is 1.16. The number of nitrogens with zero attached hydrogens (tertiary/aromatic N) is 4. The zero-order valence-electron chi connectivity index (χ0n) is 9.54. The molecule has 0 aliphatic carbocycles. The maximum Gasteiger partial charge on any atom is 0.234 e. The normalized spacial score (nSPS) is 13.8. The molecule has 2 aromatic rings. The van der Waals surface area contributed by atoms with Crippen LogP contribution in [-0.4, -0.2) is 33.5 Å². The molecule has 0 spiro atoms. The molecule has 0 saturated heterocycles. The Balaban J connectivity index is 2.44. The van der Waals surface area contributed by atoms with Crippen LogP contribution < -0.4 is 5.73 Å². The molecular formula is C9H15N5OS. The molecule has 0 bridgehead atoms. The highest BCUT2D eigenvalue weighted by Crippen LogP contribution is 2.23. The fraction of sp³-hybridized carbons (Fsp3) is 0.667. The SMILES string of the molecule is COC(CN)c1nn2c(C(C)C)nnc2s1. The standard InChI is InChI=1S/C9H15N5OS/c1-5(2)7-11-12-9-14(7)13-8(16-9)6(4-10)15-3/h5-6H,4,10H2,1-3H3. The van der Waals surface area contributed by atoms with E-state index in [1.807, 2.05) is 0 Å². The lowest BCUT2D eigenvalue weighted by molar-refractivity contribution is 0.109. The molecule has 2 N–H and O–H groups in total. The third-order valence-corrected chi connectivity index (χ3v) is 3.31. The van der Waals surface area contributed by atoms with E-state index in [-0.39, 0.29) is 6.10 Å². The van der Waals surface area contributed by atoms with E-state index in [4.69, 9.17) is 10.5 Å². The van der Waals surface area contributed by atoms with Gasteiger partial charge in [0.1, 0.15) is 11.1 Å². The van der Waals surface area contributed by atoms with E-state index in [2.05, 4.69) is 29.1 Å². The van der Waals surface area contributed by atoms with E-state index >= 15 is 0 Å². The summed E-state index contributed by atoms with van der Waals surface area (Å²) in [5, 5.41) is 13.5. The van der Waals surface area contributed by atoms with Crippen LogP contribution in [0.1, 0.15) is 36.7 Å². The maximum absolute atomic E-state index is 5.60. The average molecular weight is 241 g/mol. The minimum Gasteiger partial charge on any atom is -0.373 e. The van der Waals surface area contributed by atoms with E-state index in [0.29, 0.717) is 12.5 Å². The molecule has 0 aliphatic heterocycles. The Labute approximate surface area is 97.4 Å². The Morgan fingerprint density at radius 3 is 2.75 bits per heavy atom. The van der Waals surface area contributed by atoms with Crippen LogP contribution in [0, 0.1) is 0 Å². The Morgan fingerprint density at radius 1 is 1.44 bits per heavy atom. The summed E-state index contributed by atoms with van der Waals surface area (Å²) in [6, 6.07) is 0. The summed E-state index contributed by atoms with van der Waals surface area (Å²) in [7, 11) is 1.63. The zero-order valence-corrected chi connectivity index (χ0v) is 10.4. The van der Waals surface area contributed by atoms with Crippen LogP contribution in [-0.2, 0) is 4.74 Å². The number of nitrogens with two attached hydrogens (primary N) is 1. The van der Waals surface area contributed by atoms with E-state index in [1.54, 1.807) is 11.6 Å². The first-order chi connectivity index (χ1) is 7.67. The van der Waals surface area contributed by atoms with Gasteiger partial charge in [-0.25, -0.2) is 0 Å². The van der Waals surface area contributed by atoms with Gasteiger partial charge in [0.15, 0.2) is 5.82 Å². The van der Waals surface area contributed by atoms with Crippen molar-refractivity contribution in [2.75, 3.05) is 13.7 Å². The van der Waals surface area contributed by atoms with E-state index in [1.165, 1.54) is 11.3 Å². The van der Waals surface area contributed by atoms with Crippen molar-refractivity contribution in [2.45, 2.75) is 25.9 Å². The average Bonchev–Trinajstić information content (AvgIpc) is 2.78. The number of fused-ring (bicyclic) bond motifs is 1. The molecule has 0 saturated carbocycles. The smallest absolute Gasteiger partial charge is 0.234 e. The summed E-state index contributed by atoms with van der Waals surface area (Å²) in [6.07, 6.45) is -0.160. The van der Waals surface area contributed by atoms with Crippen molar-refractivity contribution in [1.29, 1.82) is 0 Å². The van der Waals surface area contributed by atoms with Crippen LogP contribution >= 0.6 is 11.3 Å². The number of hydrogen-bond donors (Lipinski definition) is 1. The fourth-order valence-corrected chi connectivity index (χ4v) is 2.37. The van der Waals surface area contributed by atoms with Gasteiger partial charge in [-0.15, -0.1) is 10.2 Å². The summed E-state index contributed by atoms with van der Waals surface area (Å²) >= 11 is 1.47. The fourth-order valence-electron chi connectivity index (χ4n) is 1.43. The van der Waals surface area contributed by atoms with E-state index in [0.717, 1.165) is 15.8 Å². The molecule has 0 aliphatic rings. The van der Waals surface area contributed by atoms with Gasteiger partial charge in [-0.3, -0.25) is 0 Å². The molecule has 16 heavy (non-hydrogen) atoms. The van der Waals surface area contributed by atoms with Gasteiger partial charge in [-0.2, -0.15) is 9.61 Å². The lowest BCUT2D eigenvalue weighted by Crippen LogP contribution is -2.14. The minimum absolute atomic E-state index is 0.160. The largest absolute Gasteiger partial charge is 0.373 e. The Bertz CT molecular complexity index is 473. The number of methoxy groups -OCH3 is 1. The summed E-state index contributed by atoms with van der Waals surface area (Å²) < 4.78 is 7.02. The third kappa shape index (κ3) is 1.81. The van der Waals surface area contributed by atoms with Gasteiger partial charge in [-0.1, -0.05) is 25.2 Å². The molecule has 6 nitrogen and oxygen atoms in total. The van der Waals surface area contributed by atoms with Crippen LogP contribution in [0.15, 0.2) is 0 Å². The lowest BCUT2D eigenvalue weighted by Gasteiger charge is -2.07. The number of ether oxygens (including phenoxy) is 1. The van der Waals surface area contributed by atoms with E-state index < -0.39 is 0 Å². The molecular weight excluding hydrogens is 226 g/mol. The molecule has 2 heterocycles. The Morgan fingerprint density at radius 2 is 2.19 bits per heavy atom. The molecule has 0 aromatic carbocycles. The van der Waals surface area contributed by atoms with Gasteiger partial charge in [0.2, 0.25) is 4.96 Å². The lowest BCUT2D eigenvalue weighted by atomic mass is 10.2. The van der Waals surface area contributed by atoms with Crippen LogP contribution in [0.2, 0.25) is 0 Å². The monoisotopic (exact) mass is 241 g/mol. The van der Waals surface area contributed by atoms with E-state index in [9.17, 15) is 0 Å². The van der Waals surface area contributed by atoms with Crippen molar-refractivity contribution in [3.63, 3.8) is 0 Å². The van der Waals surface area contributed by atoms with Crippen molar-refractivity contribution in [3.8, 4) is 0 Å². The Kier molecular flexibility index (Phi) is 3.17. The molecule has 0 amide bonds. The molecule has 0 fully saturated rings. The van der Waals surface area contributed by atoms with Crippen molar-refractivity contribution in [3.05, 3.63) is 10.8 Å². The van der Waals surface area contributed by atoms with Crippen molar-refractivity contribution in [2.24, 2.45) is 5.73 Å². The number of hydrogen-bond acceptors (Lipinski definition) is 6. The predicted molar refractivity (Wildman–Crippen MR) is 61.6 cm³/mol. The first kappa shape index (κ1) is 11.4. The van der Waals surface area contributed by atoms with Crippen LogP contribution in [0.3, 0.4) is 0 Å². The topological polar surface area (TPSA) is 78.3 Å². The minimum atomic E-state index is -0.160. The first-order valence-electron chi connectivity index (χ1n) is 5.12. The molecule has 2 aromatic heterocycles. The second-order valence-electron chi connectivity index (χ2n) is 3.81. The highest BCUT2D eigenvalue weighted by atomic mass is 32.1. The molecule has 1 atom stereocenters. The third-order valence-electron chi connectivity index (χ3n) is 2.32. The molecule has 2 rings (SSSR count). The van der Waals surface area contributed by atoms with Gasteiger partial charge in [0.05, 0.1) is 0 Å². The van der Waals surface area contributed by atoms with Gasteiger partial charge < -0.3 is 10.5 Å². The van der Waals surface area contributed by atoms with Crippen molar-refractivity contribution in [1.82, 2.24) is 19.8 Å². The number of aromatic nitrogens is 4. The predicted octanol–water partition coefficient (Wildman–Crippen LogP) is 0.955. The maximum atomic E-state index is 5.60. The quantitative estimate of drug-likeness (QED) is 0.862. The Hall–Kier alpha value is -1.05. The van der Waals surface area contributed by atoms with Gasteiger partial charge in [0, 0.05) is 19.6 Å². The summed E-state index contributed by atoms with van der Waals surface area (Å²) in [4.78, 5) is 0.786. The summed E-state index contributed by atoms with van der Waals surface area (Å²) in [5.41, 5.74) is 5.60. The van der Waals surface area contributed by atoms with Gasteiger partial charge in [-0.05, 0) is 0 Å². The second-order valence-corrected chi connectivity index (χ2v) is 4.80. The van der Waals surface area contributed by atoms with Crippen LogP contribution in [0.25, 0.3) is 4.96 Å². The van der Waals surface area contributed by atoms with Crippen LogP contribution in [0.4, 0.5) is 0 Å². The highest BCUT2D eigenvalue weighted by Gasteiger charge is 2.18. The molecule has 1 unspecified atom stereocenters. The van der Waals surface area contributed by atoms with Gasteiger partial charge >= 0.3 is 0 Å².